The maximum atomic E-state index is 12.6. The van der Waals surface area contributed by atoms with Crippen molar-refractivity contribution in [3.63, 3.8) is 0 Å². The van der Waals surface area contributed by atoms with Gasteiger partial charge in [0.1, 0.15) is 6.10 Å². The van der Waals surface area contributed by atoms with Crippen LogP contribution in [-0.4, -0.2) is 40.0 Å². The van der Waals surface area contributed by atoms with E-state index in [1.54, 1.807) is 30.5 Å². The van der Waals surface area contributed by atoms with Gasteiger partial charge in [-0.05, 0) is 36.4 Å². The summed E-state index contributed by atoms with van der Waals surface area (Å²) in [6.45, 7) is 1.26. The Morgan fingerprint density at radius 3 is 2.48 bits per heavy atom. The molecule has 6 nitrogen and oxygen atoms in total. The highest BCUT2D eigenvalue weighted by molar-refractivity contribution is 5.94. The smallest absolute Gasteiger partial charge is 0.253 e. The minimum atomic E-state index is -0.0107. The third kappa shape index (κ3) is 3.72. The van der Waals surface area contributed by atoms with Gasteiger partial charge >= 0.3 is 0 Å². The topological polar surface area (TPSA) is 79.1 Å². The molecular formula is C21H18N4O2. The lowest BCUT2D eigenvalue weighted by molar-refractivity contribution is 0.0588. The standard InChI is InChI=1S/C21H18N4O2/c22-13-15-5-7-16(8-6-15)21(26)25-11-9-17(10-12-25)27-20-14-23-18-3-1-2-4-19(18)24-20/h1-8,14,17H,9-12H2. The number of amides is 1. The number of para-hydroxylation sites is 2. The van der Waals surface area contributed by atoms with Gasteiger partial charge in [0.05, 0.1) is 28.9 Å². The van der Waals surface area contributed by atoms with Crippen LogP contribution in [0.1, 0.15) is 28.8 Å². The summed E-state index contributed by atoms with van der Waals surface area (Å²) in [5, 5.41) is 8.86. The number of aromatic nitrogens is 2. The van der Waals surface area contributed by atoms with Crippen LogP contribution in [0.3, 0.4) is 0 Å². The van der Waals surface area contributed by atoms with Gasteiger partial charge in [-0.2, -0.15) is 5.26 Å². The van der Waals surface area contributed by atoms with Crippen molar-refractivity contribution in [3.05, 3.63) is 65.9 Å². The van der Waals surface area contributed by atoms with Crippen LogP contribution < -0.4 is 4.74 Å². The van der Waals surface area contributed by atoms with Crippen LogP contribution >= 0.6 is 0 Å². The monoisotopic (exact) mass is 358 g/mol. The second-order valence-electron chi connectivity index (χ2n) is 6.50. The molecule has 1 aromatic heterocycles. The summed E-state index contributed by atoms with van der Waals surface area (Å²) in [7, 11) is 0. The highest BCUT2D eigenvalue weighted by Gasteiger charge is 2.25. The molecule has 1 aliphatic rings. The summed E-state index contributed by atoms with van der Waals surface area (Å²) in [5.41, 5.74) is 2.81. The van der Waals surface area contributed by atoms with Gasteiger partial charge in [0.25, 0.3) is 5.91 Å². The molecule has 0 atom stereocenters. The zero-order chi connectivity index (χ0) is 18.6. The third-order valence-corrected chi connectivity index (χ3v) is 4.70. The molecule has 1 fully saturated rings. The molecule has 2 aromatic carbocycles. The fourth-order valence-corrected chi connectivity index (χ4v) is 3.21. The zero-order valence-electron chi connectivity index (χ0n) is 14.7. The maximum absolute atomic E-state index is 12.6. The van der Waals surface area contributed by atoms with E-state index in [0.717, 1.165) is 23.9 Å². The minimum absolute atomic E-state index is 0.0107. The largest absolute Gasteiger partial charge is 0.473 e. The van der Waals surface area contributed by atoms with Gasteiger partial charge < -0.3 is 9.64 Å². The van der Waals surface area contributed by atoms with Gasteiger partial charge in [0.2, 0.25) is 5.88 Å². The molecule has 0 unspecified atom stereocenters. The molecule has 0 radical (unpaired) electrons. The number of hydrogen-bond acceptors (Lipinski definition) is 5. The van der Waals surface area contributed by atoms with Crippen molar-refractivity contribution in [1.82, 2.24) is 14.9 Å². The average molecular weight is 358 g/mol. The van der Waals surface area contributed by atoms with Crippen molar-refractivity contribution < 1.29 is 9.53 Å². The third-order valence-electron chi connectivity index (χ3n) is 4.70. The van der Waals surface area contributed by atoms with Crippen LogP contribution in [0, 0.1) is 11.3 Å². The lowest BCUT2D eigenvalue weighted by Crippen LogP contribution is -2.41. The molecule has 0 saturated carbocycles. The van der Waals surface area contributed by atoms with Crippen molar-refractivity contribution >= 4 is 16.9 Å². The van der Waals surface area contributed by atoms with Crippen molar-refractivity contribution in [2.45, 2.75) is 18.9 Å². The van der Waals surface area contributed by atoms with E-state index in [9.17, 15) is 4.79 Å². The molecule has 0 bridgehead atoms. The zero-order valence-corrected chi connectivity index (χ0v) is 14.7. The Balaban J connectivity index is 1.36. The number of hydrogen-bond donors (Lipinski definition) is 0. The quantitative estimate of drug-likeness (QED) is 0.718. The average Bonchev–Trinajstić information content (AvgIpc) is 2.74. The number of carbonyl (C=O) groups excluding carboxylic acids is 1. The molecule has 1 amide bonds. The molecular weight excluding hydrogens is 340 g/mol. The molecule has 1 saturated heterocycles. The van der Waals surface area contributed by atoms with Crippen molar-refractivity contribution in [1.29, 1.82) is 5.26 Å². The van der Waals surface area contributed by atoms with Gasteiger partial charge in [-0.25, -0.2) is 9.97 Å². The molecule has 4 rings (SSSR count). The Kier molecular flexibility index (Phi) is 4.67. The summed E-state index contributed by atoms with van der Waals surface area (Å²) in [6.07, 6.45) is 3.16. The van der Waals surface area contributed by atoms with Gasteiger partial charge in [-0.15, -0.1) is 0 Å². The number of rotatable bonds is 3. The number of nitriles is 1. The summed E-state index contributed by atoms with van der Waals surface area (Å²) >= 11 is 0. The molecule has 134 valence electrons. The first-order valence-electron chi connectivity index (χ1n) is 8.91. The Bertz CT molecular complexity index is 1000. The molecule has 0 aliphatic carbocycles. The van der Waals surface area contributed by atoms with E-state index in [0.29, 0.717) is 30.1 Å². The van der Waals surface area contributed by atoms with E-state index in [-0.39, 0.29) is 12.0 Å². The SMILES string of the molecule is N#Cc1ccc(C(=O)N2CCC(Oc3cnc4ccccc4n3)CC2)cc1. The van der Waals surface area contributed by atoms with E-state index in [2.05, 4.69) is 16.0 Å². The highest BCUT2D eigenvalue weighted by atomic mass is 16.5. The number of benzene rings is 2. The van der Waals surface area contributed by atoms with Crippen LogP contribution in [0.15, 0.2) is 54.7 Å². The van der Waals surface area contributed by atoms with Gasteiger partial charge in [0.15, 0.2) is 0 Å². The summed E-state index contributed by atoms with van der Waals surface area (Å²) < 4.78 is 5.98. The number of carbonyl (C=O) groups is 1. The number of fused-ring (bicyclic) bond motifs is 1. The maximum Gasteiger partial charge on any atom is 0.253 e. The Morgan fingerprint density at radius 1 is 1.07 bits per heavy atom. The fourth-order valence-electron chi connectivity index (χ4n) is 3.21. The lowest BCUT2D eigenvalue weighted by atomic mass is 10.1. The molecule has 3 aromatic rings. The van der Waals surface area contributed by atoms with Crippen molar-refractivity contribution in [2.75, 3.05) is 13.1 Å². The first kappa shape index (κ1) is 17.0. The highest BCUT2D eigenvalue weighted by Crippen LogP contribution is 2.20. The van der Waals surface area contributed by atoms with E-state index < -0.39 is 0 Å². The van der Waals surface area contributed by atoms with Crippen molar-refractivity contribution in [3.8, 4) is 11.9 Å². The first-order chi connectivity index (χ1) is 13.2. The van der Waals surface area contributed by atoms with E-state index in [4.69, 9.17) is 10.00 Å². The molecule has 1 aliphatic heterocycles. The van der Waals surface area contributed by atoms with Crippen molar-refractivity contribution in [2.24, 2.45) is 0 Å². The fraction of sp³-hybridized carbons (Fsp3) is 0.238. The molecule has 27 heavy (non-hydrogen) atoms. The Labute approximate surface area is 157 Å². The van der Waals surface area contributed by atoms with Gasteiger partial charge in [-0.3, -0.25) is 4.79 Å². The Morgan fingerprint density at radius 2 is 1.78 bits per heavy atom. The molecule has 2 heterocycles. The van der Waals surface area contributed by atoms with Crippen LogP contribution in [-0.2, 0) is 0 Å². The van der Waals surface area contributed by atoms with Gasteiger partial charge in [0, 0.05) is 31.5 Å². The van der Waals surface area contributed by atoms with E-state index >= 15 is 0 Å². The summed E-state index contributed by atoms with van der Waals surface area (Å²) in [6, 6.07) is 16.5. The minimum Gasteiger partial charge on any atom is -0.473 e. The second-order valence-corrected chi connectivity index (χ2v) is 6.50. The van der Waals surface area contributed by atoms with Crippen LogP contribution in [0.2, 0.25) is 0 Å². The second kappa shape index (κ2) is 7.42. The van der Waals surface area contributed by atoms with E-state index in [1.807, 2.05) is 29.2 Å². The lowest BCUT2D eigenvalue weighted by Gasteiger charge is -2.32. The molecule has 6 heteroatoms. The predicted molar refractivity (Wildman–Crippen MR) is 100 cm³/mol. The molecule has 0 spiro atoms. The number of likely N-dealkylation sites (tertiary alicyclic amines) is 1. The summed E-state index contributed by atoms with van der Waals surface area (Å²) in [5.74, 6) is 0.508. The number of ether oxygens (including phenoxy) is 1. The normalized spacial score (nSPS) is 14.7. The molecule has 0 N–H and O–H groups in total. The van der Waals surface area contributed by atoms with Crippen LogP contribution in [0.25, 0.3) is 11.0 Å². The Hall–Kier alpha value is -3.46. The van der Waals surface area contributed by atoms with E-state index in [1.165, 1.54) is 0 Å². The summed E-state index contributed by atoms with van der Waals surface area (Å²) in [4.78, 5) is 23.3. The number of nitrogens with zero attached hydrogens (tertiary/aromatic N) is 4. The number of piperidine rings is 1. The van der Waals surface area contributed by atoms with Crippen LogP contribution in [0.4, 0.5) is 0 Å². The van der Waals surface area contributed by atoms with Crippen LogP contribution in [0.5, 0.6) is 5.88 Å². The predicted octanol–water partition coefficient (Wildman–Crippen LogP) is 3.19. The first-order valence-corrected chi connectivity index (χ1v) is 8.91. The van der Waals surface area contributed by atoms with Gasteiger partial charge in [-0.1, -0.05) is 12.1 Å².